The van der Waals surface area contributed by atoms with Crippen molar-refractivity contribution in [3.05, 3.63) is 249 Å². The van der Waals surface area contributed by atoms with E-state index in [0.29, 0.717) is 11.5 Å². The number of benzene rings is 10. The van der Waals surface area contributed by atoms with Crippen molar-refractivity contribution >= 4 is 73.0 Å². The van der Waals surface area contributed by atoms with E-state index in [1.54, 1.807) is 0 Å². The van der Waals surface area contributed by atoms with E-state index in [4.69, 9.17) is 19.2 Å². The molecule has 0 amide bonds. The number of aromatic nitrogens is 4. The molecule has 10 aromatic carbocycles. The van der Waals surface area contributed by atoms with Gasteiger partial charge in [-0.2, -0.15) is 18.2 Å². The number of rotatable bonds is 8. The third-order valence-corrected chi connectivity index (χ3v) is 15.8. The zero-order valence-corrected chi connectivity index (χ0v) is 46.0. The van der Waals surface area contributed by atoms with Gasteiger partial charge in [-0.25, -0.2) is 4.98 Å². The molecule has 16 rings (SSSR count). The zero-order valence-electron chi connectivity index (χ0n) is 43.7. The number of hydrogen-bond donors (Lipinski definition) is 0. The normalized spacial score (nSPS) is 12.7. The number of anilines is 3. The van der Waals surface area contributed by atoms with Crippen molar-refractivity contribution in [2.75, 3.05) is 4.90 Å². The molecule has 0 unspecified atom stereocenters. The maximum atomic E-state index is 7.07. The van der Waals surface area contributed by atoms with E-state index in [1.807, 2.05) is 30.5 Å². The Balaban J connectivity index is 0.00000552. The molecule has 0 spiro atoms. The minimum atomic E-state index is -0.0772. The SMILES string of the molecule is CC(C)(C)c1ccnc(-n2c3[c-]c(Oc4[c-]c(-n5[c-][n+](-c6c(-c7ccccc7)cccc6-c6cc7c8c(c6)Oc6cccc9c6B8c6c(cccc6N9c6ccccc6)O7)c6ccccc65)ccc4)ccc3c3ccccc32)c1.[Pt]. The minimum Gasteiger partial charge on any atom is -0.510 e. The molecule has 384 valence electrons. The first-order valence-corrected chi connectivity index (χ1v) is 26.7. The molecular formula is C70H46BN5O3Pt-2. The number of pyridine rings is 1. The fourth-order valence-electron chi connectivity index (χ4n) is 12.3. The van der Waals surface area contributed by atoms with Gasteiger partial charge in [0.15, 0.2) is 0 Å². The van der Waals surface area contributed by atoms with E-state index in [9.17, 15) is 0 Å². The van der Waals surface area contributed by atoms with Crippen molar-refractivity contribution in [1.29, 1.82) is 0 Å². The first-order chi connectivity index (χ1) is 38.8. The molecule has 10 heteroatoms. The van der Waals surface area contributed by atoms with Gasteiger partial charge in [-0.3, -0.25) is 4.57 Å². The average Bonchev–Trinajstić information content (AvgIpc) is 3.56. The Bertz CT molecular complexity index is 4580. The summed E-state index contributed by atoms with van der Waals surface area (Å²) in [5, 5.41) is 2.19. The van der Waals surface area contributed by atoms with Crippen molar-refractivity contribution in [3.8, 4) is 73.9 Å². The maximum Gasteiger partial charge on any atom is 0.268 e. The molecule has 0 N–H and O–H groups in total. The zero-order chi connectivity index (χ0) is 52.5. The number of para-hydroxylation sites is 5. The number of nitrogens with zero attached hydrogens (tertiary/aromatic N) is 5. The summed E-state index contributed by atoms with van der Waals surface area (Å²) in [4.78, 5) is 7.22. The van der Waals surface area contributed by atoms with Gasteiger partial charge in [0.25, 0.3) is 13.0 Å². The summed E-state index contributed by atoms with van der Waals surface area (Å²) in [7, 11) is 0. The average molecular weight is 1210 g/mol. The van der Waals surface area contributed by atoms with Gasteiger partial charge < -0.3 is 28.2 Å². The smallest absolute Gasteiger partial charge is 0.268 e. The van der Waals surface area contributed by atoms with Crippen molar-refractivity contribution in [2.45, 2.75) is 26.2 Å². The van der Waals surface area contributed by atoms with E-state index in [-0.39, 0.29) is 33.2 Å². The summed E-state index contributed by atoms with van der Waals surface area (Å²) in [6, 6.07) is 83.3. The molecule has 0 radical (unpaired) electrons. The van der Waals surface area contributed by atoms with E-state index >= 15 is 0 Å². The van der Waals surface area contributed by atoms with Crippen LogP contribution in [0.4, 0.5) is 17.1 Å². The van der Waals surface area contributed by atoms with Gasteiger partial charge in [0, 0.05) is 66.8 Å². The number of ether oxygens (including phenoxy) is 3. The first-order valence-electron chi connectivity index (χ1n) is 26.7. The molecule has 6 heterocycles. The predicted molar refractivity (Wildman–Crippen MR) is 315 cm³/mol. The standard InChI is InChI=1S/C70H46BN5O3.Pt/c1-70(2,3)46-36-37-72-65(40-46)76-55-27-11-10-24-53(55)54-35-34-50(42-60(54)76)77-49-23-14-22-48(41-49)73-43-74(57-29-13-12-28-56(57)73)69-51(44-18-6-4-7-19-44)25-15-26-52(69)45-38-63-68-64(39-45)79-62-33-17-31-59-67(62)71(68)66-58(30-16-32-61(66)78-63)75(59)47-20-8-5-9-21-47;/h4-40H,1-3H3;/q-2;. The van der Waals surface area contributed by atoms with Crippen molar-refractivity contribution in [3.63, 3.8) is 0 Å². The molecule has 0 saturated heterocycles. The van der Waals surface area contributed by atoms with E-state index in [1.165, 1.54) is 5.56 Å². The Labute approximate surface area is 477 Å². The van der Waals surface area contributed by atoms with Gasteiger partial charge in [-0.05, 0) is 122 Å². The summed E-state index contributed by atoms with van der Waals surface area (Å²) in [5.41, 5.74) is 17.4. The third kappa shape index (κ3) is 7.41. The number of hydrogen-bond acceptors (Lipinski definition) is 5. The van der Waals surface area contributed by atoms with Crippen LogP contribution in [0.5, 0.6) is 34.5 Å². The van der Waals surface area contributed by atoms with Crippen molar-refractivity contribution in [1.82, 2.24) is 14.1 Å². The molecule has 3 aromatic heterocycles. The topological polar surface area (TPSA) is 57.6 Å². The second kappa shape index (κ2) is 18.3. The molecule has 3 aliphatic heterocycles. The monoisotopic (exact) mass is 1210 g/mol. The van der Waals surface area contributed by atoms with Crippen LogP contribution in [-0.4, -0.2) is 20.8 Å². The van der Waals surface area contributed by atoms with Crippen LogP contribution in [-0.2, 0) is 26.5 Å². The molecule has 0 atom stereocenters. The molecule has 3 aliphatic rings. The summed E-state index contributed by atoms with van der Waals surface area (Å²) in [5.74, 6) is 5.18. The minimum absolute atomic E-state index is 0. The van der Waals surface area contributed by atoms with Gasteiger partial charge in [-0.1, -0.05) is 148 Å². The molecule has 80 heavy (non-hydrogen) atoms. The summed E-state index contributed by atoms with van der Waals surface area (Å²) in [6.07, 6.45) is 5.74. The molecule has 0 bridgehead atoms. The van der Waals surface area contributed by atoms with Crippen LogP contribution >= 0.6 is 0 Å². The fourth-order valence-corrected chi connectivity index (χ4v) is 12.3. The van der Waals surface area contributed by atoms with Crippen LogP contribution < -0.4 is 40.1 Å². The second-order valence-electron chi connectivity index (χ2n) is 21.5. The molecule has 8 nitrogen and oxygen atoms in total. The molecular weight excluding hydrogens is 1160 g/mol. The second-order valence-corrected chi connectivity index (χ2v) is 21.5. The Hall–Kier alpha value is -9.43. The van der Waals surface area contributed by atoms with Gasteiger partial charge >= 0.3 is 0 Å². The van der Waals surface area contributed by atoms with Gasteiger partial charge in [0.2, 0.25) is 0 Å². The van der Waals surface area contributed by atoms with Gasteiger partial charge in [0.05, 0.1) is 16.7 Å². The molecule has 0 aliphatic carbocycles. The largest absolute Gasteiger partial charge is 0.510 e. The molecule has 0 saturated carbocycles. The van der Waals surface area contributed by atoms with Crippen LogP contribution in [0.15, 0.2) is 225 Å². The summed E-state index contributed by atoms with van der Waals surface area (Å²) in [6.45, 7) is 6.59. The Morgan fingerprint density at radius 2 is 1.18 bits per heavy atom. The van der Waals surface area contributed by atoms with Gasteiger partial charge in [-0.15, -0.1) is 29.7 Å². The summed E-state index contributed by atoms with van der Waals surface area (Å²) < 4.78 is 27.3. The van der Waals surface area contributed by atoms with Gasteiger partial charge in [0.1, 0.15) is 28.8 Å². The number of imidazole rings is 1. The summed E-state index contributed by atoms with van der Waals surface area (Å²) >= 11 is 0. The fraction of sp³-hybridized carbons (Fsp3) is 0.0571. The van der Waals surface area contributed by atoms with Crippen LogP contribution in [0.3, 0.4) is 0 Å². The Morgan fingerprint density at radius 3 is 1.91 bits per heavy atom. The van der Waals surface area contributed by atoms with E-state index in [0.717, 1.165) is 129 Å². The maximum absolute atomic E-state index is 7.07. The van der Waals surface area contributed by atoms with Crippen LogP contribution in [0, 0.1) is 18.5 Å². The Kier molecular flexibility index (Phi) is 10.9. The van der Waals surface area contributed by atoms with Crippen LogP contribution in [0.25, 0.3) is 72.3 Å². The van der Waals surface area contributed by atoms with Crippen LogP contribution in [0.2, 0.25) is 0 Å². The van der Waals surface area contributed by atoms with Crippen molar-refractivity contribution < 1.29 is 39.8 Å². The number of fused-ring (bicyclic) bond motifs is 4. The third-order valence-electron chi connectivity index (χ3n) is 15.8. The van der Waals surface area contributed by atoms with Crippen molar-refractivity contribution in [2.24, 2.45) is 0 Å². The molecule has 0 fully saturated rings. The Morgan fingerprint density at radius 1 is 0.537 bits per heavy atom. The molecule has 13 aromatic rings. The first kappa shape index (κ1) is 47.8. The van der Waals surface area contributed by atoms with E-state index in [2.05, 4.69) is 252 Å². The predicted octanol–water partition coefficient (Wildman–Crippen LogP) is 14.7. The van der Waals surface area contributed by atoms with Crippen LogP contribution in [0.1, 0.15) is 26.3 Å². The quantitative estimate of drug-likeness (QED) is 0.0862. The van der Waals surface area contributed by atoms with E-state index < -0.39 is 0 Å².